The lowest BCUT2D eigenvalue weighted by Gasteiger charge is -2.12. The fraction of sp³-hybridized carbons (Fsp3) is 0.875. The molecule has 0 fully saturated rings. The van der Waals surface area contributed by atoms with Crippen LogP contribution in [0.15, 0.2) is 0 Å². The summed E-state index contributed by atoms with van der Waals surface area (Å²) in [5.41, 5.74) is 0. The molecule has 0 aliphatic heterocycles. The van der Waals surface area contributed by atoms with E-state index in [-0.39, 0.29) is 73.7 Å². The van der Waals surface area contributed by atoms with Crippen LogP contribution in [-0.2, 0) is 57.2 Å². The second kappa shape index (κ2) is 45.3. The summed E-state index contributed by atoms with van der Waals surface area (Å²) in [4.78, 5) is 65.2. The minimum absolute atomic E-state index is 0.0601. The van der Waals surface area contributed by atoms with Crippen LogP contribution in [-0.4, -0.2) is 99.9 Å². The highest BCUT2D eigenvalue weighted by molar-refractivity contribution is 5.73. The zero-order valence-corrected chi connectivity index (χ0v) is 44.2. The molecule has 0 saturated carbocycles. The average molecular weight is 1030 g/mol. The Morgan fingerprint density at radius 2 is 0.565 bits per heavy atom. The van der Waals surface area contributed by atoms with E-state index in [0.717, 1.165) is 26.7 Å². The Kier molecular flexibility index (Phi) is 50.4. The normalized spacial score (nSPS) is 13.5. The number of halogens is 9. The lowest BCUT2D eigenvalue weighted by molar-refractivity contribution is -0.162. The Morgan fingerprint density at radius 1 is 0.362 bits per heavy atom. The Morgan fingerprint density at radius 3 is 0.739 bits per heavy atom. The van der Waals surface area contributed by atoms with E-state index in [1.54, 1.807) is 34.6 Å². The van der Waals surface area contributed by atoms with Gasteiger partial charge in [-0.05, 0) is 66.2 Å². The molecule has 414 valence electrons. The molecule has 0 aliphatic carbocycles. The lowest BCUT2D eigenvalue weighted by Crippen LogP contribution is -2.19. The van der Waals surface area contributed by atoms with Crippen LogP contribution in [0.4, 0.5) is 39.5 Å². The predicted octanol–water partition coefficient (Wildman–Crippen LogP) is 13.2. The third kappa shape index (κ3) is 58.4. The number of carbonyl (C=O) groups excluding carboxylic acids is 6. The standard InChI is InChI=1S/2C9H16F2O2.C8H13F3O2.C8H14F2O2.2C7H14O2/c2*1-4-7(2)8(12)13-6-5-9(3,10)11;1-3-6(2)7(12)13-5-4-8(9,10)11;1-3-6(2)8(11)12-5-4-7(9)10;2*1-4-6(3)7(8)9-5-2/h2*7H,4-6H2,1-3H3;6H,3-5H2,1-2H3;6-7H,3-5H2,1-2H3;2*6H,4-5H2,1-3H3. The summed E-state index contributed by atoms with van der Waals surface area (Å²) < 4.78 is 135. The molecular weight excluding hydrogens is 939 g/mol. The summed E-state index contributed by atoms with van der Waals surface area (Å²) in [5, 5.41) is 0. The molecule has 0 rings (SSSR count). The number of alkyl halides is 9. The first-order chi connectivity index (χ1) is 31.6. The molecule has 69 heavy (non-hydrogen) atoms. The van der Waals surface area contributed by atoms with Crippen molar-refractivity contribution in [2.75, 3.05) is 39.6 Å². The summed E-state index contributed by atoms with van der Waals surface area (Å²) in [7, 11) is 0. The van der Waals surface area contributed by atoms with E-state index in [4.69, 9.17) is 9.47 Å². The number of hydrogen-bond donors (Lipinski definition) is 0. The maximum absolute atomic E-state index is 12.3. The molecule has 0 aromatic heterocycles. The molecule has 6 atom stereocenters. The zero-order chi connectivity index (χ0) is 55.6. The van der Waals surface area contributed by atoms with Crippen molar-refractivity contribution in [2.24, 2.45) is 35.5 Å². The highest BCUT2D eigenvalue weighted by atomic mass is 19.4. The van der Waals surface area contributed by atoms with Crippen molar-refractivity contribution in [3.8, 4) is 0 Å². The third-order valence-corrected chi connectivity index (χ3v) is 9.44. The third-order valence-electron chi connectivity index (χ3n) is 9.44. The fourth-order valence-electron chi connectivity index (χ4n) is 3.32. The van der Waals surface area contributed by atoms with Gasteiger partial charge >= 0.3 is 42.0 Å². The van der Waals surface area contributed by atoms with E-state index in [2.05, 4.69) is 18.9 Å². The number of hydrogen-bond acceptors (Lipinski definition) is 12. The molecule has 12 nitrogen and oxygen atoms in total. The molecule has 0 N–H and O–H groups in total. The van der Waals surface area contributed by atoms with Gasteiger partial charge in [-0.3, -0.25) is 28.8 Å². The number of esters is 6. The van der Waals surface area contributed by atoms with E-state index < -0.39 is 74.2 Å². The first-order valence-corrected chi connectivity index (χ1v) is 23.7. The van der Waals surface area contributed by atoms with Crippen LogP contribution in [0.1, 0.15) is 175 Å². The van der Waals surface area contributed by atoms with Crippen LogP contribution in [0, 0.1) is 35.5 Å². The van der Waals surface area contributed by atoms with Crippen molar-refractivity contribution < 1.29 is 96.7 Å². The van der Waals surface area contributed by atoms with Gasteiger partial charge in [0, 0.05) is 19.3 Å². The largest absolute Gasteiger partial charge is 0.466 e. The van der Waals surface area contributed by atoms with Gasteiger partial charge in [-0.25, -0.2) is 26.3 Å². The molecule has 0 aromatic rings. The van der Waals surface area contributed by atoms with Gasteiger partial charge < -0.3 is 28.4 Å². The van der Waals surface area contributed by atoms with Crippen LogP contribution in [0.25, 0.3) is 0 Å². The van der Waals surface area contributed by atoms with E-state index in [1.807, 2.05) is 62.3 Å². The first-order valence-electron chi connectivity index (χ1n) is 23.7. The second-order valence-corrected chi connectivity index (χ2v) is 16.2. The molecule has 0 amide bonds. The Bertz CT molecular complexity index is 1190. The Labute approximate surface area is 406 Å². The zero-order valence-electron chi connectivity index (χ0n) is 44.2. The van der Waals surface area contributed by atoms with Crippen LogP contribution in [0.3, 0.4) is 0 Å². The van der Waals surface area contributed by atoms with Crippen molar-refractivity contribution in [1.29, 1.82) is 0 Å². The predicted molar refractivity (Wildman–Crippen MR) is 246 cm³/mol. The summed E-state index contributed by atoms with van der Waals surface area (Å²) in [6.45, 7) is 26.8. The van der Waals surface area contributed by atoms with Crippen molar-refractivity contribution >= 4 is 35.8 Å². The lowest BCUT2D eigenvalue weighted by atomic mass is 10.1. The van der Waals surface area contributed by atoms with Crippen LogP contribution >= 0.6 is 0 Å². The molecule has 21 heteroatoms. The molecule has 0 bridgehead atoms. The van der Waals surface area contributed by atoms with E-state index in [1.165, 1.54) is 0 Å². The van der Waals surface area contributed by atoms with Crippen molar-refractivity contribution in [3.63, 3.8) is 0 Å². The summed E-state index contributed by atoms with van der Waals surface area (Å²) in [5.74, 6) is -8.23. The van der Waals surface area contributed by atoms with Crippen LogP contribution in [0.2, 0.25) is 0 Å². The maximum Gasteiger partial charge on any atom is 0.392 e. The molecule has 0 saturated heterocycles. The number of rotatable bonds is 25. The van der Waals surface area contributed by atoms with Gasteiger partial charge in [0.15, 0.2) is 0 Å². The monoisotopic (exact) mass is 1030 g/mol. The van der Waals surface area contributed by atoms with Crippen LogP contribution < -0.4 is 0 Å². The molecular formula is C48H87F9O12. The molecule has 0 spiro atoms. The number of ether oxygens (including phenoxy) is 6. The summed E-state index contributed by atoms with van der Waals surface area (Å²) >= 11 is 0. The second-order valence-electron chi connectivity index (χ2n) is 16.2. The SMILES string of the molecule is CCC(C)C(=O)OCCC(C)(F)F.CCC(C)C(=O)OCCC(C)(F)F.CCC(C)C(=O)OCCC(F)(F)F.CCC(C)C(=O)OCCC(F)F.CCOC(=O)C(C)CC.CCOC(=O)C(C)CC. The first kappa shape index (κ1) is 76.7. The summed E-state index contributed by atoms with van der Waals surface area (Å²) in [6, 6.07) is 0. The fourth-order valence-corrected chi connectivity index (χ4v) is 3.32. The number of carbonyl (C=O) groups is 6. The maximum atomic E-state index is 12.3. The van der Waals surface area contributed by atoms with Crippen LogP contribution in [0.5, 0.6) is 0 Å². The van der Waals surface area contributed by atoms with Gasteiger partial charge in [0.05, 0.1) is 81.6 Å². The molecule has 0 heterocycles. The highest BCUT2D eigenvalue weighted by Gasteiger charge is 2.28. The van der Waals surface area contributed by atoms with E-state index in [0.29, 0.717) is 38.9 Å². The van der Waals surface area contributed by atoms with E-state index in [9.17, 15) is 68.3 Å². The quantitative estimate of drug-likeness (QED) is 0.0485. The van der Waals surface area contributed by atoms with Gasteiger partial charge in [0.2, 0.25) is 18.3 Å². The smallest absolute Gasteiger partial charge is 0.392 e. The molecule has 0 aromatic carbocycles. The molecule has 6 unspecified atom stereocenters. The molecule has 0 radical (unpaired) electrons. The summed E-state index contributed by atoms with van der Waals surface area (Å²) in [6.07, 6.45) is -4.61. The topological polar surface area (TPSA) is 158 Å². The van der Waals surface area contributed by atoms with Crippen molar-refractivity contribution in [2.45, 2.75) is 199 Å². The minimum atomic E-state index is -4.25. The van der Waals surface area contributed by atoms with Crippen molar-refractivity contribution in [3.05, 3.63) is 0 Å². The minimum Gasteiger partial charge on any atom is -0.466 e. The Balaban J connectivity index is -0.000000174. The molecule has 0 aliphatic rings. The Hall–Kier alpha value is -3.81. The van der Waals surface area contributed by atoms with Gasteiger partial charge in [0.1, 0.15) is 0 Å². The van der Waals surface area contributed by atoms with Crippen molar-refractivity contribution in [1.82, 2.24) is 0 Å². The average Bonchev–Trinajstić information content (AvgIpc) is 3.26. The van der Waals surface area contributed by atoms with E-state index >= 15 is 0 Å². The van der Waals surface area contributed by atoms with Gasteiger partial charge in [-0.2, -0.15) is 13.2 Å². The highest BCUT2D eigenvalue weighted by Crippen LogP contribution is 2.20. The van der Waals surface area contributed by atoms with Gasteiger partial charge in [-0.1, -0.05) is 83.1 Å². The van der Waals surface area contributed by atoms with Gasteiger partial charge in [0.25, 0.3) is 0 Å². The van der Waals surface area contributed by atoms with Gasteiger partial charge in [-0.15, -0.1) is 0 Å².